The normalized spacial score (nSPS) is 32.9. The van der Waals surface area contributed by atoms with Gasteiger partial charge in [0.1, 0.15) is 65.5 Å². The van der Waals surface area contributed by atoms with Gasteiger partial charge in [-0.2, -0.15) is 0 Å². The van der Waals surface area contributed by atoms with E-state index in [2.05, 4.69) is 0 Å². The molecule has 2 fully saturated rings. The number of phenolic OH excluding ortho intramolecular Hbond substituents is 3. The number of rotatable bonds is 9. The van der Waals surface area contributed by atoms with Crippen molar-refractivity contribution in [3.05, 3.63) is 47.5 Å². The van der Waals surface area contributed by atoms with E-state index in [9.17, 15) is 50.8 Å². The van der Waals surface area contributed by atoms with Crippen molar-refractivity contribution in [2.75, 3.05) is 13.7 Å². The summed E-state index contributed by atoms with van der Waals surface area (Å²) < 4.78 is 26.7. The molecule has 0 amide bonds. The summed E-state index contributed by atoms with van der Waals surface area (Å²) in [7, 11) is 1.38. The molecular weight excluding hydrogens is 576 g/mol. The van der Waals surface area contributed by atoms with Gasteiger partial charge in [-0.1, -0.05) is 12.1 Å². The molecule has 4 rings (SSSR count). The number of aliphatic hydroxyl groups excluding tert-OH is 6. The van der Waals surface area contributed by atoms with Crippen LogP contribution in [0.1, 0.15) is 22.8 Å². The van der Waals surface area contributed by atoms with Crippen LogP contribution in [0.5, 0.6) is 28.7 Å². The molecule has 2 aromatic rings. The summed E-state index contributed by atoms with van der Waals surface area (Å²) in [6.07, 6.45) is -12.8. The number of carbonyl (C=O) groups is 1. The van der Waals surface area contributed by atoms with Gasteiger partial charge in [0, 0.05) is 12.1 Å². The highest BCUT2D eigenvalue weighted by molar-refractivity contribution is 6.10. The maximum atomic E-state index is 12.7. The first-order chi connectivity index (χ1) is 20.3. The highest BCUT2D eigenvalue weighted by Gasteiger charge is 2.47. The first-order valence-corrected chi connectivity index (χ1v) is 13.1. The Labute approximate surface area is 245 Å². The van der Waals surface area contributed by atoms with Crippen molar-refractivity contribution in [3.8, 4) is 28.7 Å². The van der Waals surface area contributed by atoms with Crippen LogP contribution in [-0.4, -0.2) is 127 Å². The number of phenols is 3. The molecule has 0 aliphatic carbocycles. The number of hydrogen-bond donors (Lipinski definition) is 9. The average Bonchev–Trinajstić information content (AvgIpc) is 2.96. The fourth-order valence-electron chi connectivity index (χ4n) is 4.60. The molecule has 2 aliphatic heterocycles. The topological polar surface area (TPSA) is 245 Å². The Balaban J connectivity index is 1.43. The zero-order valence-electron chi connectivity index (χ0n) is 23.0. The van der Waals surface area contributed by atoms with E-state index in [1.165, 1.54) is 32.2 Å². The Bertz CT molecular complexity index is 1290. The van der Waals surface area contributed by atoms with Gasteiger partial charge in [0.15, 0.2) is 23.6 Å². The summed E-state index contributed by atoms with van der Waals surface area (Å²) in [6.45, 7) is 0.920. The number of methoxy groups -OCH3 is 1. The smallest absolute Gasteiger partial charge is 0.229 e. The van der Waals surface area contributed by atoms with Crippen LogP contribution < -0.4 is 9.47 Å². The third-order valence-corrected chi connectivity index (χ3v) is 7.10. The van der Waals surface area contributed by atoms with Crippen LogP contribution >= 0.6 is 0 Å². The molecule has 2 saturated heterocycles. The number of ether oxygens (including phenoxy) is 5. The highest BCUT2D eigenvalue weighted by atomic mass is 16.7. The summed E-state index contributed by atoms with van der Waals surface area (Å²) in [5.74, 6) is -2.37. The molecule has 0 saturated carbocycles. The van der Waals surface area contributed by atoms with Crippen LogP contribution in [0.25, 0.3) is 6.08 Å². The van der Waals surface area contributed by atoms with Crippen LogP contribution in [0.2, 0.25) is 0 Å². The van der Waals surface area contributed by atoms with Crippen molar-refractivity contribution >= 4 is 11.9 Å². The number of ketones is 1. The first-order valence-electron chi connectivity index (χ1n) is 13.1. The second-order valence-electron chi connectivity index (χ2n) is 10.1. The molecule has 43 heavy (non-hydrogen) atoms. The van der Waals surface area contributed by atoms with Crippen LogP contribution in [0.15, 0.2) is 36.4 Å². The molecule has 2 aliphatic rings. The molecule has 236 valence electrons. The number of aromatic hydroxyl groups is 3. The van der Waals surface area contributed by atoms with E-state index >= 15 is 0 Å². The lowest BCUT2D eigenvalue weighted by Crippen LogP contribution is -2.61. The van der Waals surface area contributed by atoms with Gasteiger partial charge in [0.2, 0.25) is 6.29 Å². The van der Waals surface area contributed by atoms with E-state index in [4.69, 9.17) is 23.7 Å². The van der Waals surface area contributed by atoms with Gasteiger partial charge in [-0.25, -0.2) is 0 Å². The predicted molar refractivity (Wildman–Crippen MR) is 143 cm³/mol. The molecule has 4 unspecified atom stereocenters. The summed E-state index contributed by atoms with van der Waals surface area (Å²) in [5, 5.41) is 91.9. The Morgan fingerprint density at radius 1 is 0.814 bits per heavy atom. The van der Waals surface area contributed by atoms with Gasteiger partial charge >= 0.3 is 0 Å². The van der Waals surface area contributed by atoms with E-state index in [0.29, 0.717) is 5.56 Å². The maximum absolute atomic E-state index is 12.7. The van der Waals surface area contributed by atoms with Crippen LogP contribution in [0.4, 0.5) is 0 Å². The molecular formula is C28H34O15. The molecule has 0 spiro atoms. The highest BCUT2D eigenvalue weighted by Crippen LogP contribution is 2.35. The summed E-state index contributed by atoms with van der Waals surface area (Å²) in [6, 6.07) is 6.31. The number of carbonyl (C=O) groups excluding carboxylic acids is 1. The fourth-order valence-corrected chi connectivity index (χ4v) is 4.60. The standard InChI is InChI=1S/C28H34O15/c1-11-21(33)23(35)25(37)27(41-11)40-10-19-22(34)24(36)26(38)28(43-19)42-13-8-16(31)20(17(32)9-13)14(29)5-3-12-4-6-18(39-2)15(30)7-12/h3-9,11,19,21-28,30-38H,10H2,1-2H3/t11?,19?,21-,22+,23-,24+,25?,26?,27+,28+/m0/s1. The zero-order valence-corrected chi connectivity index (χ0v) is 23.0. The number of benzene rings is 2. The molecule has 15 heteroatoms. The Morgan fingerprint density at radius 2 is 1.44 bits per heavy atom. The first kappa shape index (κ1) is 32.4. The van der Waals surface area contributed by atoms with Crippen LogP contribution in [-0.2, 0) is 14.2 Å². The van der Waals surface area contributed by atoms with Crippen molar-refractivity contribution in [3.63, 3.8) is 0 Å². The second-order valence-corrected chi connectivity index (χ2v) is 10.1. The molecule has 9 N–H and O–H groups in total. The lowest BCUT2D eigenvalue weighted by atomic mass is 9.98. The second kappa shape index (κ2) is 13.4. The van der Waals surface area contributed by atoms with Crippen molar-refractivity contribution in [2.45, 2.75) is 68.3 Å². The minimum atomic E-state index is -1.81. The molecule has 15 nitrogen and oxygen atoms in total. The van der Waals surface area contributed by atoms with E-state index in [1.807, 2.05) is 0 Å². The fraction of sp³-hybridized carbons (Fsp3) is 0.464. The van der Waals surface area contributed by atoms with Crippen molar-refractivity contribution in [2.24, 2.45) is 0 Å². The van der Waals surface area contributed by atoms with Crippen molar-refractivity contribution in [1.29, 1.82) is 0 Å². The summed E-state index contributed by atoms with van der Waals surface area (Å²) >= 11 is 0. The molecule has 0 bridgehead atoms. The summed E-state index contributed by atoms with van der Waals surface area (Å²) in [5.41, 5.74) is -0.0399. The van der Waals surface area contributed by atoms with Gasteiger partial charge in [0.25, 0.3) is 0 Å². The third kappa shape index (κ3) is 7.01. The lowest BCUT2D eigenvalue weighted by molar-refractivity contribution is -0.318. The minimum absolute atomic E-state index is 0.156. The average molecular weight is 611 g/mol. The van der Waals surface area contributed by atoms with Gasteiger partial charge in [-0.3, -0.25) is 4.79 Å². The Hall–Kier alpha value is -3.51. The largest absolute Gasteiger partial charge is 0.507 e. The minimum Gasteiger partial charge on any atom is -0.507 e. The van der Waals surface area contributed by atoms with Gasteiger partial charge < -0.3 is 69.6 Å². The van der Waals surface area contributed by atoms with Crippen LogP contribution in [0, 0.1) is 0 Å². The predicted octanol–water partition coefficient (Wildman–Crippen LogP) is -1.26. The van der Waals surface area contributed by atoms with Gasteiger partial charge in [-0.15, -0.1) is 0 Å². The van der Waals surface area contributed by atoms with Gasteiger partial charge in [-0.05, 0) is 30.7 Å². The number of aliphatic hydroxyl groups is 6. The van der Waals surface area contributed by atoms with E-state index in [1.54, 1.807) is 6.07 Å². The quantitative estimate of drug-likeness (QED) is 0.119. The summed E-state index contributed by atoms with van der Waals surface area (Å²) in [4.78, 5) is 12.7. The van der Waals surface area contributed by atoms with Crippen molar-refractivity contribution < 1.29 is 74.4 Å². The molecule has 0 radical (unpaired) electrons. The number of allylic oxidation sites excluding steroid dienone is 1. The number of hydrogen-bond acceptors (Lipinski definition) is 15. The van der Waals surface area contributed by atoms with Gasteiger partial charge in [0.05, 0.1) is 19.8 Å². The SMILES string of the molecule is COc1ccc(C=CC(=O)c2c(O)cc(O[C@@H]3OC(CO[C@@H]4OC(C)[C@H](O)[C@H](O)C4O)[C@@H](O)[C@@H](O)C3O)cc2O)cc1O. The van der Waals surface area contributed by atoms with E-state index < -0.39 is 90.9 Å². The molecule has 10 atom stereocenters. The maximum Gasteiger partial charge on any atom is 0.229 e. The Morgan fingerprint density at radius 3 is 2.07 bits per heavy atom. The zero-order chi connectivity index (χ0) is 31.6. The third-order valence-electron chi connectivity index (χ3n) is 7.10. The monoisotopic (exact) mass is 610 g/mol. The van der Waals surface area contributed by atoms with Crippen LogP contribution in [0.3, 0.4) is 0 Å². The molecule has 2 heterocycles. The van der Waals surface area contributed by atoms with E-state index in [-0.39, 0.29) is 17.2 Å². The molecule has 0 aromatic heterocycles. The Kier molecular flexibility index (Phi) is 10.1. The lowest BCUT2D eigenvalue weighted by Gasteiger charge is -2.42. The molecule has 2 aromatic carbocycles. The van der Waals surface area contributed by atoms with E-state index in [0.717, 1.165) is 18.2 Å². The van der Waals surface area contributed by atoms with Crippen molar-refractivity contribution in [1.82, 2.24) is 0 Å².